The number of thiazole rings is 1. The fraction of sp³-hybridized carbons (Fsp3) is 0.812. The summed E-state index contributed by atoms with van der Waals surface area (Å²) in [7, 11) is 0. The van der Waals surface area contributed by atoms with Crippen LogP contribution in [0.25, 0.3) is 0 Å². The van der Waals surface area contributed by atoms with E-state index in [0.29, 0.717) is 12.1 Å². The highest BCUT2D eigenvalue weighted by atomic mass is 32.1. The lowest BCUT2D eigenvalue weighted by molar-refractivity contribution is 0.335. The van der Waals surface area contributed by atoms with Crippen molar-refractivity contribution >= 4 is 11.3 Å². The summed E-state index contributed by atoms with van der Waals surface area (Å²) in [5.41, 5.74) is 1.15. The molecule has 108 valence electrons. The van der Waals surface area contributed by atoms with Gasteiger partial charge in [0.2, 0.25) is 0 Å². The second-order valence-corrected chi connectivity index (χ2v) is 7.31. The van der Waals surface area contributed by atoms with E-state index in [0.717, 1.165) is 17.5 Å². The highest BCUT2D eigenvalue weighted by Gasteiger charge is 2.22. The molecule has 0 saturated heterocycles. The topological polar surface area (TPSA) is 24.9 Å². The zero-order valence-electron chi connectivity index (χ0n) is 12.8. The normalized spacial score (nSPS) is 26.4. The molecule has 1 aromatic rings. The van der Waals surface area contributed by atoms with Gasteiger partial charge in [0.05, 0.1) is 6.04 Å². The van der Waals surface area contributed by atoms with Gasteiger partial charge >= 0.3 is 0 Å². The summed E-state index contributed by atoms with van der Waals surface area (Å²) >= 11 is 1.78. The van der Waals surface area contributed by atoms with Gasteiger partial charge in [0.25, 0.3) is 0 Å². The molecule has 1 saturated carbocycles. The van der Waals surface area contributed by atoms with Crippen molar-refractivity contribution in [3.05, 3.63) is 16.1 Å². The third-order valence-corrected chi connectivity index (χ3v) is 5.59. The number of aromatic nitrogens is 1. The Labute approximate surface area is 122 Å². The van der Waals surface area contributed by atoms with E-state index in [1.807, 2.05) is 0 Å². The lowest BCUT2D eigenvalue weighted by Crippen LogP contribution is -2.31. The quantitative estimate of drug-likeness (QED) is 0.808. The van der Waals surface area contributed by atoms with E-state index >= 15 is 0 Å². The third kappa shape index (κ3) is 4.28. The zero-order valence-corrected chi connectivity index (χ0v) is 13.6. The smallest absolute Gasteiger partial charge is 0.110 e. The zero-order chi connectivity index (χ0) is 13.8. The standard InChI is InChI=1S/C16H28N2S/c1-11(2)14-6-5-7-15(9-8-14)18-13(4)16-17-12(3)10-19-16/h10-11,13-15,18H,5-9H2,1-4H3. The maximum atomic E-state index is 4.60. The molecule has 0 aliphatic heterocycles. The van der Waals surface area contributed by atoms with E-state index in [1.54, 1.807) is 11.3 Å². The van der Waals surface area contributed by atoms with E-state index in [4.69, 9.17) is 0 Å². The molecule has 0 spiro atoms. The van der Waals surface area contributed by atoms with Crippen LogP contribution in [0.4, 0.5) is 0 Å². The molecular formula is C16H28N2S. The Morgan fingerprint density at radius 1 is 1.21 bits per heavy atom. The van der Waals surface area contributed by atoms with Gasteiger partial charge in [-0.3, -0.25) is 0 Å². The summed E-state index contributed by atoms with van der Waals surface area (Å²) in [6.45, 7) is 9.08. The van der Waals surface area contributed by atoms with Gasteiger partial charge in [-0.2, -0.15) is 0 Å². The Balaban J connectivity index is 1.86. The molecule has 0 aromatic carbocycles. The van der Waals surface area contributed by atoms with E-state index < -0.39 is 0 Å². The van der Waals surface area contributed by atoms with Gasteiger partial charge in [0, 0.05) is 17.1 Å². The molecule has 3 atom stereocenters. The van der Waals surface area contributed by atoms with Crippen molar-refractivity contribution in [2.45, 2.75) is 71.9 Å². The van der Waals surface area contributed by atoms with Crippen molar-refractivity contribution in [3.63, 3.8) is 0 Å². The molecule has 1 aromatic heterocycles. The molecule has 0 bridgehead atoms. The predicted octanol–water partition coefficient (Wildman–Crippen LogP) is 4.71. The summed E-state index contributed by atoms with van der Waals surface area (Å²) in [6.07, 6.45) is 6.85. The molecule has 1 aliphatic rings. The Kier molecular flexibility index (Phi) is 5.40. The predicted molar refractivity (Wildman–Crippen MR) is 83.6 cm³/mol. The molecule has 3 heteroatoms. The molecule has 3 unspecified atom stereocenters. The van der Waals surface area contributed by atoms with Crippen LogP contribution in [0, 0.1) is 18.8 Å². The molecular weight excluding hydrogens is 252 g/mol. The number of hydrogen-bond acceptors (Lipinski definition) is 3. The second-order valence-electron chi connectivity index (χ2n) is 6.42. The van der Waals surface area contributed by atoms with Crippen LogP contribution in [0.3, 0.4) is 0 Å². The molecule has 1 fully saturated rings. The minimum Gasteiger partial charge on any atom is -0.305 e. The highest BCUT2D eigenvalue weighted by molar-refractivity contribution is 7.09. The van der Waals surface area contributed by atoms with Crippen molar-refractivity contribution < 1.29 is 0 Å². The lowest BCUT2D eigenvalue weighted by atomic mass is 9.89. The van der Waals surface area contributed by atoms with Crippen LogP contribution in [0.1, 0.15) is 69.6 Å². The molecule has 2 rings (SSSR count). The maximum absolute atomic E-state index is 4.60. The van der Waals surface area contributed by atoms with Crippen molar-refractivity contribution in [1.29, 1.82) is 0 Å². The average Bonchev–Trinajstić information content (AvgIpc) is 2.65. The number of rotatable bonds is 4. The molecule has 19 heavy (non-hydrogen) atoms. The van der Waals surface area contributed by atoms with Gasteiger partial charge in [-0.1, -0.05) is 26.7 Å². The van der Waals surface area contributed by atoms with E-state index in [-0.39, 0.29) is 0 Å². The first-order chi connectivity index (χ1) is 9.06. The van der Waals surface area contributed by atoms with Crippen LogP contribution >= 0.6 is 11.3 Å². The second kappa shape index (κ2) is 6.85. The van der Waals surface area contributed by atoms with Crippen molar-refractivity contribution in [2.24, 2.45) is 11.8 Å². The van der Waals surface area contributed by atoms with Gasteiger partial charge in [0.1, 0.15) is 5.01 Å². The van der Waals surface area contributed by atoms with E-state index in [9.17, 15) is 0 Å². The molecule has 0 radical (unpaired) electrons. The van der Waals surface area contributed by atoms with Gasteiger partial charge in [0.15, 0.2) is 0 Å². The van der Waals surface area contributed by atoms with Gasteiger partial charge in [-0.25, -0.2) is 4.98 Å². The van der Waals surface area contributed by atoms with Gasteiger partial charge in [-0.05, 0) is 44.9 Å². The lowest BCUT2D eigenvalue weighted by Gasteiger charge is -2.21. The maximum Gasteiger partial charge on any atom is 0.110 e. The molecule has 2 nitrogen and oxygen atoms in total. The van der Waals surface area contributed by atoms with Gasteiger partial charge in [-0.15, -0.1) is 11.3 Å². The minimum atomic E-state index is 0.402. The Hall–Kier alpha value is -0.410. The summed E-state index contributed by atoms with van der Waals surface area (Å²) in [5, 5.41) is 7.18. The first kappa shape index (κ1) is 15.0. The van der Waals surface area contributed by atoms with Crippen LogP contribution in [0.15, 0.2) is 5.38 Å². The fourth-order valence-electron chi connectivity index (χ4n) is 3.16. The molecule has 1 aliphatic carbocycles. The minimum absolute atomic E-state index is 0.402. The van der Waals surface area contributed by atoms with Gasteiger partial charge < -0.3 is 5.32 Å². The first-order valence-corrected chi connectivity index (χ1v) is 8.62. The number of hydrogen-bond donors (Lipinski definition) is 1. The van der Waals surface area contributed by atoms with Crippen LogP contribution < -0.4 is 5.32 Å². The molecule has 1 N–H and O–H groups in total. The van der Waals surface area contributed by atoms with Crippen molar-refractivity contribution in [2.75, 3.05) is 0 Å². The van der Waals surface area contributed by atoms with Crippen LogP contribution in [-0.2, 0) is 0 Å². The number of nitrogens with one attached hydrogen (secondary N) is 1. The fourth-order valence-corrected chi connectivity index (χ4v) is 3.97. The van der Waals surface area contributed by atoms with E-state index in [1.165, 1.54) is 37.1 Å². The first-order valence-electron chi connectivity index (χ1n) is 7.74. The highest BCUT2D eigenvalue weighted by Crippen LogP contribution is 2.30. The number of nitrogens with zero attached hydrogens (tertiary/aromatic N) is 1. The Morgan fingerprint density at radius 2 is 2.00 bits per heavy atom. The SMILES string of the molecule is Cc1csc(C(C)NC2CCCC(C(C)C)CC2)n1. The average molecular weight is 280 g/mol. The van der Waals surface area contributed by atoms with Crippen molar-refractivity contribution in [1.82, 2.24) is 10.3 Å². The third-order valence-electron chi connectivity index (χ3n) is 4.45. The summed E-state index contributed by atoms with van der Waals surface area (Å²) in [6, 6.07) is 1.09. The monoisotopic (exact) mass is 280 g/mol. The molecule has 0 amide bonds. The van der Waals surface area contributed by atoms with E-state index in [2.05, 4.69) is 43.4 Å². The molecule has 1 heterocycles. The van der Waals surface area contributed by atoms with Crippen LogP contribution in [0.2, 0.25) is 0 Å². The summed E-state index contributed by atoms with van der Waals surface area (Å²) in [5.74, 6) is 1.78. The largest absolute Gasteiger partial charge is 0.305 e. The Bertz CT molecular complexity index is 386. The van der Waals surface area contributed by atoms with Crippen molar-refractivity contribution in [3.8, 4) is 0 Å². The number of aryl methyl sites for hydroxylation is 1. The summed E-state index contributed by atoms with van der Waals surface area (Å²) < 4.78 is 0. The van der Waals surface area contributed by atoms with Crippen LogP contribution in [0.5, 0.6) is 0 Å². The van der Waals surface area contributed by atoms with Crippen LogP contribution in [-0.4, -0.2) is 11.0 Å². The summed E-state index contributed by atoms with van der Waals surface area (Å²) in [4.78, 5) is 4.60. The Morgan fingerprint density at radius 3 is 2.63 bits per heavy atom.